The molecule has 3 heteroatoms. The van der Waals surface area contributed by atoms with Crippen molar-refractivity contribution in [3.8, 4) is 6.07 Å². The molecule has 25 heavy (non-hydrogen) atoms. The number of hydrogen-bond donors (Lipinski definition) is 0. The van der Waals surface area contributed by atoms with Gasteiger partial charge < -0.3 is 4.74 Å². The van der Waals surface area contributed by atoms with Crippen LogP contribution in [0.1, 0.15) is 110 Å². The molecule has 0 aromatic carbocycles. The van der Waals surface area contributed by atoms with Crippen LogP contribution in [-0.4, -0.2) is 11.6 Å². The molecule has 0 radical (unpaired) electrons. The molecule has 0 spiro atoms. The SMILES string of the molecule is CCCCCCCCC(=O)OC1(C#N)CCC(C2CCCCC2)CC1. The predicted molar refractivity (Wildman–Crippen MR) is 101 cm³/mol. The highest BCUT2D eigenvalue weighted by Crippen LogP contribution is 2.42. The molecule has 0 amide bonds. The van der Waals surface area contributed by atoms with Gasteiger partial charge in [0.2, 0.25) is 0 Å². The molecular weight excluding hydrogens is 310 g/mol. The first-order chi connectivity index (χ1) is 12.2. The largest absolute Gasteiger partial charge is 0.444 e. The fourth-order valence-electron chi connectivity index (χ4n) is 4.74. The van der Waals surface area contributed by atoms with Gasteiger partial charge in [0, 0.05) is 19.3 Å². The maximum absolute atomic E-state index is 12.2. The van der Waals surface area contributed by atoms with Crippen molar-refractivity contribution in [2.75, 3.05) is 0 Å². The first kappa shape index (κ1) is 20.3. The second kappa shape index (κ2) is 10.8. The highest BCUT2D eigenvalue weighted by Gasteiger charge is 2.40. The Morgan fingerprint density at radius 2 is 1.56 bits per heavy atom. The zero-order valence-corrected chi connectivity index (χ0v) is 16.2. The van der Waals surface area contributed by atoms with E-state index < -0.39 is 5.60 Å². The van der Waals surface area contributed by atoms with Crippen molar-refractivity contribution < 1.29 is 9.53 Å². The Morgan fingerprint density at radius 3 is 2.20 bits per heavy atom. The summed E-state index contributed by atoms with van der Waals surface area (Å²) in [5, 5.41) is 9.63. The molecule has 0 N–H and O–H groups in total. The van der Waals surface area contributed by atoms with Gasteiger partial charge in [-0.1, -0.05) is 71.1 Å². The van der Waals surface area contributed by atoms with Crippen LogP contribution >= 0.6 is 0 Å². The predicted octanol–water partition coefficient (Wildman–Crippen LogP) is 6.31. The number of unbranched alkanes of at least 4 members (excludes halogenated alkanes) is 5. The Bertz CT molecular complexity index is 426. The topological polar surface area (TPSA) is 50.1 Å². The van der Waals surface area contributed by atoms with E-state index >= 15 is 0 Å². The molecule has 2 aliphatic carbocycles. The van der Waals surface area contributed by atoms with Crippen molar-refractivity contribution in [1.29, 1.82) is 5.26 Å². The van der Waals surface area contributed by atoms with E-state index in [0.29, 0.717) is 6.42 Å². The summed E-state index contributed by atoms with van der Waals surface area (Å²) in [5.74, 6) is 1.44. The molecule has 0 aromatic rings. The quantitative estimate of drug-likeness (QED) is 0.362. The number of hydrogen-bond acceptors (Lipinski definition) is 3. The van der Waals surface area contributed by atoms with E-state index in [2.05, 4.69) is 13.0 Å². The van der Waals surface area contributed by atoms with E-state index in [1.54, 1.807) is 0 Å². The van der Waals surface area contributed by atoms with Crippen LogP contribution in [0.5, 0.6) is 0 Å². The summed E-state index contributed by atoms with van der Waals surface area (Å²) in [6.45, 7) is 2.21. The van der Waals surface area contributed by atoms with Crippen molar-refractivity contribution in [3.63, 3.8) is 0 Å². The first-order valence-electron chi connectivity index (χ1n) is 10.8. The number of nitrogens with zero attached hydrogens (tertiary/aromatic N) is 1. The number of carbonyl (C=O) groups excluding carboxylic acids is 1. The zero-order chi connectivity index (χ0) is 18.0. The van der Waals surface area contributed by atoms with Gasteiger partial charge in [-0.3, -0.25) is 4.79 Å². The number of esters is 1. The highest BCUT2D eigenvalue weighted by molar-refractivity contribution is 5.70. The van der Waals surface area contributed by atoms with Gasteiger partial charge in [0.1, 0.15) is 6.07 Å². The van der Waals surface area contributed by atoms with Crippen LogP contribution in [0.4, 0.5) is 0 Å². The lowest BCUT2D eigenvalue weighted by molar-refractivity contribution is -0.158. The lowest BCUT2D eigenvalue weighted by atomic mass is 9.70. The maximum Gasteiger partial charge on any atom is 0.307 e. The molecule has 2 saturated carbocycles. The van der Waals surface area contributed by atoms with Gasteiger partial charge in [-0.05, 0) is 31.1 Å². The molecule has 2 fully saturated rings. The van der Waals surface area contributed by atoms with Gasteiger partial charge in [-0.15, -0.1) is 0 Å². The summed E-state index contributed by atoms with van der Waals surface area (Å²) in [6, 6.07) is 2.35. The Labute approximate surface area is 154 Å². The van der Waals surface area contributed by atoms with E-state index in [0.717, 1.165) is 50.4 Å². The third-order valence-corrected chi connectivity index (χ3v) is 6.40. The van der Waals surface area contributed by atoms with Crippen LogP contribution in [-0.2, 0) is 9.53 Å². The van der Waals surface area contributed by atoms with E-state index in [4.69, 9.17) is 4.74 Å². The normalized spacial score (nSPS) is 27.6. The summed E-state index contributed by atoms with van der Waals surface area (Å²) in [5.41, 5.74) is -0.829. The third kappa shape index (κ3) is 6.65. The minimum absolute atomic E-state index is 0.159. The Kier molecular flexibility index (Phi) is 8.79. The number of ether oxygens (including phenoxy) is 1. The van der Waals surface area contributed by atoms with Gasteiger partial charge in [0.25, 0.3) is 0 Å². The number of carbonyl (C=O) groups is 1. The molecule has 3 nitrogen and oxygen atoms in total. The van der Waals surface area contributed by atoms with Crippen molar-refractivity contribution in [3.05, 3.63) is 0 Å². The number of rotatable bonds is 9. The van der Waals surface area contributed by atoms with Crippen LogP contribution < -0.4 is 0 Å². The summed E-state index contributed by atoms with van der Waals surface area (Å²) in [7, 11) is 0. The molecule has 2 aliphatic rings. The smallest absolute Gasteiger partial charge is 0.307 e. The van der Waals surface area contributed by atoms with Gasteiger partial charge in [0.15, 0.2) is 5.60 Å². The Balaban J connectivity index is 1.68. The summed E-state index contributed by atoms with van der Waals surface area (Å²) in [6.07, 6.45) is 17.9. The van der Waals surface area contributed by atoms with Crippen LogP contribution in [0.2, 0.25) is 0 Å². The van der Waals surface area contributed by atoms with Gasteiger partial charge in [-0.25, -0.2) is 0 Å². The van der Waals surface area contributed by atoms with E-state index in [1.165, 1.54) is 57.8 Å². The van der Waals surface area contributed by atoms with E-state index in [1.807, 2.05) is 0 Å². The van der Waals surface area contributed by atoms with E-state index in [9.17, 15) is 10.1 Å². The average Bonchev–Trinajstić information content (AvgIpc) is 2.66. The summed E-state index contributed by atoms with van der Waals surface area (Å²) >= 11 is 0. The lowest BCUT2D eigenvalue weighted by Gasteiger charge is -2.39. The van der Waals surface area contributed by atoms with Crippen molar-refractivity contribution >= 4 is 5.97 Å². The van der Waals surface area contributed by atoms with E-state index in [-0.39, 0.29) is 5.97 Å². The molecule has 2 rings (SSSR count). The van der Waals surface area contributed by atoms with Gasteiger partial charge >= 0.3 is 5.97 Å². The summed E-state index contributed by atoms with van der Waals surface area (Å²) in [4.78, 5) is 12.2. The first-order valence-corrected chi connectivity index (χ1v) is 10.8. The monoisotopic (exact) mass is 347 g/mol. The van der Waals surface area contributed by atoms with Crippen LogP contribution in [0.3, 0.4) is 0 Å². The third-order valence-electron chi connectivity index (χ3n) is 6.40. The maximum atomic E-state index is 12.2. The standard InChI is InChI=1S/C22H37NO2/c1-2-3-4-5-6-10-13-21(24)25-22(18-23)16-14-20(15-17-22)19-11-8-7-9-12-19/h19-20H,2-17H2,1H3. The van der Waals surface area contributed by atoms with Gasteiger partial charge in [0.05, 0.1) is 0 Å². The van der Waals surface area contributed by atoms with Crippen LogP contribution in [0.15, 0.2) is 0 Å². The average molecular weight is 348 g/mol. The van der Waals surface area contributed by atoms with Crippen molar-refractivity contribution in [2.45, 2.75) is 115 Å². The van der Waals surface area contributed by atoms with Crippen molar-refractivity contribution in [2.24, 2.45) is 11.8 Å². The minimum Gasteiger partial charge on any atom is -0.444 e. The molecular formula is C22H37NO2. The Morgan fingerprint density at radius 1 is 0.960 bits per heavy atom. The zero-order valence-electron chi connectivity index (χ0n) is 16.2. The molecule has 0 aromatic heterocycles. The lowest BCUT2D eigenvalue weighted by Crippen LogP contribution is -2.39. The molecule has 0 bridgehead atoms. The summed E-state index contributed by atoms with van der Waals surface area (Å²) < 4.78 is 5.69. The molecule has 0 atom stereocenters. The second-order valence-electron chi connectivity index (χ2n) is 8.33. The van der Waals surface area contributed by atoms with Gasteiger partial charge in [-0.2, -0.15) is 5.26 Å². The minimum atomic E-state index is -0.829. The molecule has 0 aliphatic heterocycles. The number of nitriles is 1. The molecule has 142 valence electrons. The Hall–Kier alpha value is -1.04. The molecule has 0 heterocycles. The highest BCUT2D eigenvalue weighted by atomic mass is 16.6. The van der Waals surface area contributed by atoms with Crippen molar-refractivity contribution in [1.82, 2.24) is 0 Å². The fourth-order valence-corrected chi connectivity index (χ4v) is 4.74. The molecule has 0 saturated heterocycles. The fraction of sp³-hybridized carbons (Fsp3) is 0.909. The second-order valence-corrected chi connectivity index (χ2v) is 8.33. The van der Waals surface area contributed by atoms with Crippen LogP contribution in [0, 0.1) is 23.2 Å². The van der Waals surface area contributed by atoms with Crippen LogP contribution in [0.25, 0.3) is 0 Å². The molecule has 0 unspecified atom stereocenters.